The van der Waals surface area contributed by atoms with E-state index in [0.29, 0.717) is 36.6 Å². The van der Waals surface area contributed by atoms with E-state index in [1.54, 1.807) is 45.2 Å². The Morgan fingerprint density at radius 2 is 1.88 bits per heavy atom. The summed E-state index contributed by atoms with van der Waals surface area (Å²) < 4.78 is 40.7. The second kappa shape index (κ2) is 10.7. The molecule has 0 aliphatic carbocycles. The van der Waals surface area contributed by atoms with E-state index in [4.69, 9.17) is 19.4 Å². The topological polar surface area (TPSA) is 120 Å². The highest BCUT2D eigenvalue weighted by molar-refractivity contribution is 7.92. The molecular formula is C31H34N6O5S. The average molecular weight is 603 g/mol. The van der Waals surface area contributed by atoms with Gasteiger partial charge in [-0.1, -0.05) is 6.07 Å². The third-order valence-corrected chi connectivity index (χ3v) is 9.01. The Morgan fingerprint density at radius 3 is 2.65 bits per heavy atom. The van der Waals surface area contributed by atoms with Gasteiger partial charge < -0.3 is 14.4 Å². The molecule has 2 aliphatic rings. The number of carbonyl (C=O) groups excluding carboxylic acids is 1. The molecule has 0 amide bonds. The zero-order chi connectivity index (χ0) is 30.5. The molecule has 0 saturated carbocycles. The van der Waals surface area contributed by atoms with Gasteiger partial charge in [-0.15, -0.1) is 0 Å². The van der Waals surface area contributed by atoms with Gasteiger partial charge in [0.15, 0.2) is 5.82 Å². The van der Waals surface area contributed by atoms with E-state index in [0.717, 1.165) is 44.1 Å². The Kier molecular flexibility index (Phi) is 7.11. The number of imidazole rings is 1. The Morgan fingerprint density at radius 1 is 1.07 bits per heavy atom. The van der Waals surface area contributed by atoms with Crippen LogP contribution in [0.15, 0.2) is 55.1 Å². The molecule has 5 heterocycles. The first-order valence-electron chi connectivity index (χ1n) is 14.2. The third kappa shape index (κ3) is 5.31. The zero-order valence-electron chi connectivity index (χ0n) is 24.9. The van der Waals surface area contributed by atoms with Crippen molar-refractivity contribution in [1.82, 2.24) is 19.5 Å². The van der Waals surface area contributed by atoms with E-state index in [2.05, 4.69) is 34.4 Å². The maximum atomic E-state index is 13.0. The molecule has 0 saturated heterocycles. The molecule has 0 fully saturated rings. The molecule has 0 radical (unpaired) electrons. The molecule has 0 spiro atoms. The van der Waals surface area contributed by atoms with Gasteiger partial charge >= 0.3 is 5.97 Å². The van der Waals surface area contributed by atoms with Crippen LogP contribution in [0.1, 0.15) is 44.4 Å². The number of pyridine rings is 2. The van der Waals surface area contributed by atoms with E-state index in [1.165, 1.54) is 0 Å². The average Bonchev–Trinajstić information content (AvgIpc) is 3.48. The van der Waals surface area contributed by atoms with Gasteiger partial charge in [-0.2, -0.15) is 0 Å². The fourth-order valence-electron chi connectivity index (χ4n) is 5.56. The maximum absolute atomic E-state index is 13.0. The van der Waals surface area contributed by atoms with Gasteiger partial charge in [-0.3, -0.25) is 13.7 Å². The van der Waals surface area contributed by atoms with E-state index >= 15 is 0 Å². The lowest BCUT2D eigenvalue weighted by atomic mass is 10.1. The van der Waals surface area contributed by atoms with Crippen molar-refractivity contribution >= 4 is 33.3 Å². The highest BCUT2D eigenvalue weighted by atomic mass is 32.2. The summed E-state index contributed by atoms with van der Waals surface area (Å²) in [5, 5.41) is 0. The number of carbonyl (C=O) groups is 1. The van der Waals surface area contributed by atoms with Crippen LogP contribution in [0.2, 0.25) is 0 Å². The van der Waals surface area contributed by atoms with E-state index in [9.17, 15) is 13.2 Å². The van der Waals surface area contributed by atoms with Crippen molar-refractivity contribution in [3.05, 3.63) is 71.8 Å². The van der Waals surface area contributed by atoms with E-state index < -0.39 is 21.6 Å². The predicted octanol–water partition coefficient (Wildman–Crippen LogP) is 4.72. The molecule has 1 aromatic carbocycles. The molecular weight excluding hydrogens is 568 g/mol. The number of anilines is 3. The minimum absolute atomic E-state index is 0.245. The summed E-state index contributed by atoms with van der Waals surface area (Å²) in [6.07, 6.45) is 7.91. The summed E-state index contributed by atoms with van der Waals surface area (Å²) in [5.41, 5.74) is 4.17. The molecule has 12 heteroatoms. The Bertz CT molecular complexity index is 1830. The number of esters is 1. The Balaban J connectivity index is 1.23. The van der Waals surface area contributed by atoms with Crippen LogP contribution in [0.3, 0.4) is 0 Å². The van der Waals surface area contributed by atoms with Crippen molar-refractivity contribution in [3.63, 3.8) is 0 Å². The normalized spacial score (nSPS) is 14.8. The number of aryl methyl sites for hydroxylation is 1. The van der Waals surface area contributed by atoms with Crippen LogP contribution in [0, 0.1) is 6.92 Å². The second-order valence-corrected chi connectivity index (χ2v) is 13.5. The fourth-order valence-corrected chi connectivity index (χ4v) is 7.15. The number of aromatic nitrogens is 4. The van der Waals surface area contributed by atoms with Crippen molar-refractivity contribution in [1.29, 1.82) is 0 Å². The number of sulfonamides is 1. The summed E-state index contributed by atoms with van der Waals surface area (Å²) in [7, 11) is -3.74. The van der Waals surface area contributed by atoms with Gasteiger partial charge in [0.25, 0.3) is 0 Å². The second-order valence-electron chi connectivity index (χ2n) is 11.6. The summed E-state index contributed by atoms with van der Waals surface area (Å²) in [6, 6.07) is 9.24. The molecule has 43 heavy (non-hydrogen) atoms. The largest absolute Gasteiger partial charge is 0.493 e. The molecule has 0 bridgehead atoms. The molecule has 224 valence electrons. The molecule has 6 rings (SSSR count). The van der Waals surface area contributed by atoms with Crippen LogP contribution in [0.5, 0.6) is 5.75 Å². The van der Waals surface area contributed by atoms with Crippen molar-refractivity contribution in [2.45, 2.75) is 52.4 Å². The molecule has 0 unspecified atom stereocenters. The summed E-state index contributed by atoms with van der Waals surface area (Å²) in [6.45, 7) is 9.96. The van der Waals surface area contributed by atoms with Gasteiger partial charge in [0.05, 0.1) is 23.5 Å². The maximum Gasteiger partial charge on any atom is 0.327 e. The van der Waals surface area contributed by atoms with Crippen LogP contribution >= 0.6 is 0 Å². The van der Waals surface area contributed by atoms with Gasteiger partial charge in [0.2, 0.25) is 10.0 Å². The third-order valence-electron chi connectivity index (χ3n) is 7.36. The van der Waals surface area contributed by atoms with Crippen molar-refractivity contribution < 1.29 is 22.7 Å². The van der Waals surface area contributed by atoms with Gasteiger partial charge in [-0.25, -0.2) is 23.4 Å². The number of nitrogens with zero attached hydrogens (tertiary/aromatic N) is 6. The van der Waals surface area contributed by atoms with Crippen LogP contribution in [-0.2, 0) is 31.7 Å². The number of hydrogen-bond acceptors (Lipinski definition) is 9. The van der Waals surface area contributed by atoms with Crippen LogP contribution in [0.25, 0.3) is 17.1 Å². The zero-order valence-corrected chi connectivity index (χ0v) is 25.7. The van der Waals surface area contributed by atoms with E-state index in [-0.39, 0.29) is 12.3 Å². The number of rotatable bonds is 7. The lowest BCUT2D eigenvalue weighted by Crippen LogP contribution is -2.36. The first-order valence-corrected chi connectivity index (χ1v) is 15.8. The monoisotopic (exact) mass is 602 g/mol. The summed E-state index contributed by atoms with van der Waals surface area (Å²) in [5.74, 6) is 2.02. The molecule has 3 aromatic heterocycles. The van der Waals surface area contributed by atoms with Crippen molar-refractivity contribution in [2.24, 2.45) is 0 Å². The van der Waals surface area contributed by atoms with Crippen LogP contribution < -0.4 is 13.9 Å². The number of fused-ring (bicyclic) bond motifs is 6. The van der Waals surface area contributed by atoms with Crippen molar-refractivity contribution in [2.75, 3.05) is 28.9 Å². The quantitative estimate of drug-likeness (QED) is 0.277. The predicted molar refractivity (Wildman–Crippen MR) is 163 cm³/mol. The SMILES string of the molecule is CCN1c2ncc(CCOc3cccc4c3CS(=O)(=O)N4CC(=O)OC(C)(C)C)cc2-c2nccn2-c2c(C)ccnc21. The van der Waals surface area contributed by atoms with Gasteiger partial charge in [0, 0.05) is 43.3 Å². The number of benzene rings is 1. The molecule has 2 aliphatic heterocycles. The number of ether oxygens (including phenoxy) is 2. The van der Waals surface area contributed by atoms with E-state index in [1.807, 2.05) is 24.7 Å². The Labute approximate surface area is 251 Å². The number of hydrogen-bond donors (Lipinski definition) is 0. The summed E-state index contributed by atoms with van der Waals surface area (Å²) in [4.78, 5) is 28.8. The fraction of sp³-hybridized carbons (Fsp3) is 0.355. The lowest BCUT2D eigenvalue weighted by molar-refractivity contribution is -0.152. The van der Waals surface area contributed by atoms with Crippen LogP contribution in [0.4, 0.5) is 17.3 Å². The van der Waals surface area contributed by atoms with Crippen LogP contribution in [-0.4, -0.2) is 59.2 Å². The first kappa shape index (κ1) is 28.7. The molecule has 0 N–H and O–H groups in total. The lowest BCUT2D eigenvalue weighted by Gasteiger charge is -2.23. The van der Waals surface area contributed by atoms with Gasteiger partial charge in [-0.05, 0) is 70.0 Å². The first-order chi connectivity index (χ1) is 20.5. The molecule has 11 nitrogen and oxygen atoms in total. The minimum atomic E-state index is -3.74. The van der Waals surface area contributed by atoms with Gasteiger partial charge in [0.1, 0.15) is 35.3 Å². The smallest absolute Gasteiger partial charge is 0.327 e. The Hall–Kier alpha value is -4.45. The van der Waals surface area contributed by atoms with Crippen molar-refractivity contribution in [3.8, 4) is 22.8 Å². The molecule has 4 aromatic rings. The minimum Gasteiger partial charge on any atom is -0.493 e. The highest BCUT2D eigenvalue weighted by Gasteiger charge is 2.37. The summed E-state index contributed by atoms with van der Waals surface area (Å²) >= 11 is 0. The molecule has 0 atom stereocenters. The standard InChI is InChI=1S/C31H34N6O5S/c1-6-35-29-22(28-33-13-14-36(28)27-20(2)10-12-32-30(27)35)16-21(17-34-29)11-15-41-25-9-7-8-24-23(25)19-43(39,40)37(24)18-26(38)42-31(3,4)5/h7-10,12-14,16-17H,6,11,15,18-19H2,1-5H3. The highest BCUT2D eigenvalue weighted by Crippen LogP contribution is 2.42.